The highest BCUT2D eigenvalue weighted by molar-refractivity contribution is 7.99. The van der Waals surface area contributed by atoms with Crippen molar-refractivity contribution >= 4 is 49.4 Å². The van der Waals surface area contributed by atoms with Crippen molar-refractivity contribution in [3.63, 3.8) is 0 Å². The van der Waals surface area contributed by atoms with Gasteiger partial charge in [0.25, 0.3) is 0 Å². The summed E-state index contributed by atoms with van der Waals surface area (Å²) in [7, 11) is -2.86. The van der Waals surface area contributed by atoms with Crippen molar-refractivity contribution in [1.29, 1.82) is 0 Å². The minimum absolute atomic E-state index is 0.0397. The largest absolute Gasteiger partial charge is 0.396 e. The van der Waals surface area contributed by atoms with Gasteiger partial charge >= 0.3 is 0 Å². The number of hydrogen-bond acceptors (Lipinski definition) is 7. The molecule has 1 aromatic rings. The van der Waals surface area contributed by atoms with E-state index < -0.39 is 9.84 Å². The molecule has 0 spiro atoms. The molecule has 20 heavy (non-hydrogen) atoms. The molecule has 1 saturated heterocycles. The van der Waals surface area contributed by atoms with E-state index in [0.29, 0.717) is 23.4 Å². The highest BCUT2D eigenvalue weighted by Crippen LogP contribution is 2.42. The fraction of sp³-hybridized carbons (Fsp3) is 0.583. The van der Waals surface area contributed by atoms with Crippen molar-refractivity contribution in [2.24, 2.45) is 0 Å². The number of ketones is 1. The predicted molar refractivity (Wildman–Crippen MR) is 85.8 cm³/mol. The van der Waals surface area contributed by atoms with E-state index in [9.17, 15) is 13.2 Å². The van der Waals surface area contributed by atoms with Crippen LogP contribution in [0, 0.1) is 0 Å². The topological polar surface area (TPSA) is 89.3 Å². The molecule has 0 saturated carbocycles. The van der Waals surface area contributed by atoms with Crippen LogP contribution in [-0.2, 0) is 9.84 Å². The Morgan fingerprint density at radius 3 is 2.50 bits per heavy atom. The molecule has 0 bridgehead atoms. The van der Waals surface area contributed by atoms with Crippen LogP contribution in [0.25, 0.3) is 0 Å². The summed E-state index contributed by atoms with van der Waals surface area (Å²) in [5, 5.41) is 4.23. The number of carbonyl (C=O) groups is 1. The molecule has 0 atom stereocenters. The van der Waals surface area contributed by atoms with Gasteiger partial charge in [-0.25, -0.2) is 8.42 Å². The van der Waals surface area contributed by atoms with Crippen LogP contribution in [-0.4, -0.2) is 38.0 Å². The third-order valence-electron chi connectivity index (χ3n) is 3.31. The lowest BCUT2D eigenvalue weighted by atomic mass is 10.1. The summed E-state index contributed by atoms with van der Waals surface area (Å²) in [5.74, 6) is 0.404. The van der Waals surface area contributed by atoms with E-state index in [0.717, 1.165) is 9.90 Å². The lowest BCUT2D eigenvalue weighted by Gasteiger charge is -2.23. The first kappa shape index (κ1) is 15.7. The fourth-order valence-corrected chi connectivity index (χ4v) is 5.69. The Hall–Kier alpha value is -0.730. The average molecular weight is 334 g/mol. The number of nitrogens with two attached hydrogens (primary N) is 1. The molecular formula is C12H18N2O3S3. The van der Waals surface area contributed by atoms with Crippen LogP contribution in [0.4, 0.5) is 10.7 Å². The second-order valence-electron chi connectivity index (χ2n) is 4.83. The first-order valence-electron chi connectivity index (χ1n) is 6.28. The van der Waals surface area contributed by atoms with Crippen molar-refractivity contribution in [2.75, 3.05) is 28.8 Å². The molecule has 2 rings (SSSR count). The van der Waals surface area contributed by atoms with Crippen LogP contribution in [0.1, 0.15) is 29.4 Å². The maximum atomic E-state index is 11.5. The lowest BCUT2D eigenvalue weighted by molar-refractivity contribution is 0.102. The molecular weight excluding hydrogens is 316 g/mol. The fourth-order valence-electron chi connectivity index (χ4n) is 2.21. The number of anilines is 2. The monoisotopic (exact) mass is 334 g/mol. The summed E-state index contributed by atoms with van der Waals surface area (Å²) in [5.41, 5.74) is 6.53. The van der Waals surface area contributed by atoms with E-state index in [4.69, 9.17) is 5.73 Å². The molecule has 8 heteroatoms. The van der Waals surface area contributed by atoms with Crippen LogP contribution in [0.2, 0.25) is 0 Å². The van der Waals surface area contributed by atoms with Gasteiger partial charge in [-0.15, -0.1) is 23.1 Å². The van der Waals surface area contributed by atoms with Gasteiger partial charge in [-0.3, -0.25) is 4.79 Å². The molecule has 0 unspecified atom stereocenters. The molecule has 0 aromatic carbocycles. The van der Waals surface area contributed by atoms with Gasteiger partial charge in [-0.1, -0.05) is 0 Å². The summed E-state index contributed by atoms with van der Waals surface area (Å²) >= 11 is 2.86. The Morgan fingerprint density at radius 2 is 2.00 bits per heavy atom. The predicted octanol–water partition coefficient (Wildman–Crippen LogP) is 2.24. The summed E-state index contributed by atoms with van der Waals surface area (Å²) in [6, 6.07) is 0.127. The highest BCUT2D eigenvalue weighted by Gasteiger charge is 2.26. The zero-order chi connectivity index (χ0) is 14.9. The molecule has 112 valence electrons. The Bertz CT molecular complexity index is 608. The number of rotatable bonds is 4. The first-order chi connectivity index (χ1) is 9.34. The zero-order valence-corrected chi connectivity index (χ0v) is 13.9. The maximum Gasteiger partial charge on any atom is 0.171 e. The normalized spacial score (nSPS) is 18.9. The first-order valence-corrected chi connectivity index (χ1v) is 10.1. The Morgan fingerprint density at radius 1 is 1.40 bits per heavy atom. The van der Waals surface area contributed by atoms with Gasteiger partial charge in [0.2, 0.25) is 0 Å². The minimum atomic E-state index is -2.86. The Balaban J connectivity index is 2.17. The molecule has 3 N–H and O–H groups in total. The number of thioether (sulfide) groups is 1. The summed E-state index contributed by atoms with van der Waals surface area (Å²) in [4.78, 5) is 13.0. The quantitative estimate of drug-likeness (QED) is 0.648. The van der Waals surface area contributed by atoms with Crippen LogP contribution in [0.3, 0.4) is 0 Å². The third kappa shape index (κ3) is 3.29. The van der Waals surface area contributed by atoms with E-state index in [1.807, 2.05) is 6.26 Å². The van der Waals surface area contributed by atoms with Crippen molar-refractivity contribution in [3.05, 3.63) is 4.88 Å². The van der Waals surface area contributed by atoms with Crippen LogP contribution in [0.5, 0.6) is 0 Å². The number of thiophene rings is 1. The van der Waals surface area contributed by atoms with Gasteiger partial charge in [0.05, 0.1) is 27.0 Å². The average Bonchev–Trinajstić information content (AvgIpc) is 2.68. The summed E-state index contributed by atoms with van der Waals surface area (Å²) in [6.45, 7) is 1.50. The number of Topliss-reactive ketones (excluding diaryl/α,β-unsaturated/α-hetero) is 1. The molecule has 0 aliphatic carbocycles. The van der Waals surface area contributed by atoms with Gasteiger partial charge in [-0.2, -0.15) is 0 Å². The van der Waals surface area contributed by atoms with Crippen LogP contribution in [0.15, 0.2) is 4.90 Å². The van der Waals surface area contributed by atoms with E-state index >= 15 is 0 Å². The number of hydrogen-bond donors (Lipinski definition) is 2. The zero-order valence-electron chi connectivity index (χ0n) is 11.4. The van der Waals surface area contributed by atoms with E-state index in [2.05, 4.69) is 5.32 Å². The number of nitrogen functional groups attached to an aromatic ring is 1. The standard InChI is InChI=1S/C12H18N2O3S3/c1-7(15)10-9(13)11(18-2)12(19-10)14-8-3-5-20(16,17)6-4-8/h8,14H,3-6,13H2,1-2H3. The lowest BCUT2D eigenvalue weighted by Crippen LogP contribution is -2.31. The molecule has 5 nitrogen and oxygen atoms in total. The summed E-state index contributed by atoms with van der Waals surface area (Å²) < 4.78 is 22.9. The molecule has 1 aliphatic heterocycles. The van der Waals surface area contributed by atoms with E-state index in [1.165, 1.54) is 30.0 Å². The van der Waals surface area contributed by atoms with Crippen molar-refractivity contribution in [1.82, 2.24) is 0 Å². The Labute approximate surface area is 127 Å². The van der Waals surface area contributed by atoms with E-state index in [1.54, 1.807) is 0 Å². The SMILES string of the molecule is CSc1c(NC2CCS(=O)(=O)CC2)sc(C(C)=O)c1N. The number of nitrogens with one attached hydrogen (secondary N) is 1. The van der Waals surface area contributed by atoms with Crippen LogP contribution >= 0.6 is 23.1 Å². The maximum absolute atomic E-state index is 11.5. The van der Waals surface area contributed by atoms with Crippen molar-refractivity contribution < 1.29 is 13.2 Å². The van der Waals surface area contributed by atoms with Gasteiger partial charge < -0.3 is 11.1 Å². The van der Waals surface area contributed by atoms with Gasteiger partial charge in [0.15, 0.2) is 5.78 Å². The third-order valence-corrected chi connectivity index (χ3v) is 7.23. The van der Waals surface area contributed by atoms with E-state index in [-0.39, 0.29) is 23.3 Å². The van der Waals surface area contributed by atoms with Gasteiger partial charge in [0, 0.05) is 13.0 Å². The molecule has 1 fully saturated rings. The smallest absolute Gasteiger partial charge is 0.171 e. The minimum Gasteiger partial charge on any atom is -0.396 e. The van der Waals surface area contributed by atoms with Crippen molar-refractivity contribution in [2.45, 2.75) is 30.7 Å². The Kier molecular flexibility index (Phi) is 4.66. The van der Waals surface area contributed by atoms with Crippen molar-refractivity contribution in [3.8, 4) is 0 Å². The second kappa shape index (κ2) is 5.95. The molecule has 0 radical (unpaired) electrons. The van der Waals surface area contributed by atoms with Crippen LogP contribution < -0.4 is 11.1 Å². The molecule has 1 aromatic heterocycles. The second-order valence-corrected chi connectivity index (χ2v) is 8.97. The summed E-state index contributed by atoms with van der Waals surface area (Å²) in [6.07, 6.45) is 3.12. The number of sulfone groups is 1. The highest BCUT2D eigenvalue weighted by atomic mass is 32.2. The number of carbonyl (C=O) groups excluding carboxylic acids is 1. The van der Waals surface area contributed by atoms with Gasteiger partial charge in [0.1, 0.15) is 14.8 Å². The molecule has 0 amide bonds. The molecule has 1 aliphatic rings. The van der Waals surface area contributed by atoms with Gasteiger partial charge in [-0.05, 0) is 19.1 Å². The molecule has 2 heterocycles.